The highest BCUT2D eigenvalue weighted by molar-refractivity contribution is 5.47. The Morgan fingerprint density at radius 1 is 0.361 bits per heavy atom. The molecule has 0 spiro atoms. The lowest BCUT2D eigenvalue weighted by molar-refractivity contribution is 0.411. The summed E-state index contributed by atoms with van der Waals surface area (Å²) in [6.07, 6.45) is 4.96. The Balaban J connectivity index is 1.42. The van der Waals surface area contributed by atoms with Crippen LogP contribution >= 0.6 is 0 Å². The summed E-state index contributed by atoms with van der Waals surface area (Å²) in [6, 6.07) is 37.7. The van der Waals surface area contributed by atoms with E-state index in [0.29, 0.717) is 0 Å². The van der Waals surface area contributed by atoms with E-state index in [1.54, 1.807) is 0 Å². The lowest BCUT2D eigenvalue weighted by atomic mass is 9.67. The summed E-state index contributed by atoms with van der Waals surface area (Å²) in [5, 5.41) is 0. The number of hydrogen-bond acceptors (Lipinski definition) is 0. The summed E-state index contributed by atoms with van der Waals surface area (Å²) in [7, 11) is 0. The normalized spacial score (nSPS) is 21.9. The van der Waals surface area contributed by atoms with E-state index >= 15 is 0 Å². The molecule has 0 bridgehead atoms. The van der Waals surface area contributed by atoms with E-state index in [1.165, 1.54) is 70.2 Å². The number of benzene rings is 4. The average Bonchev–Trinajstić information content (AvgIpc) is 3.41. The molecule has 182 valence electrons. The van der Waals surface area contributed by atoms with Crippen LogP contribution in [0.15, 0.2) is 97.1 Å². The van der Waals surface area contributed by atoms with Gasteiger partial charge in [-0.1, -0.05) is 119 Å². The minimum absolute atomic E-state index is 0.115. The number of rotatable bonds is 4. The van der Waals surface area contributed by atoms with Gasteiger partial charge in [-0.25, -0.2) is 0 Å². The van der Waals surface area contributed by atoms with E-state index in [9.17, 15) is 0 Å². The average molecular weight is 471 g/mol. The Morgan fingerprint density at radius 2 is 0.556 bits per heavy atom. The van der Waals surface area contributed by atoms with Gasteiger partial charge in [-0.3, -0.25) is 0 Å². The first-order valence-corrected chi connectivity index (χ1v) is 13.7. The van der Waals surface area contributed by atoms with E-state index in [2.05, 4.69) is 125 Å². The van der Waals surface area contributed by atoms with E-state index in [4.69, 9.17) is 0 Å². The quantitative estimate of drug-likeness (QED) is 0.279. The Bertz CT molecular complexity index is 1120. The van der Waals surface area contributed by atoms with E-state index < -0.39 is 0 Å². The zero-order valence-electron chi connectivity index (χ0n) is 22.2. The topological polar surface area (TPSA) is 0 Å². The second-order valence-corrected chi connectivity index (χ2v) is 12.0. The van der Waals surface area contributed by atoms with Gasteiger partial charge in [0.1, 0.15) is 0 Å². The van der Waals surface area contributed by atoms with Crippen LogP contribution in [-0.2, 0) is 10.8 Å². The Kier molecular flexibility index (Phi) is 5.67. The summed E-state index contributed by atoms with van der Waals surface area (Å²) in [5.74, 6) is 1.44. The van der Waals surface area contributed by atoms with Crippen molar-refractivity contribution in [2.24, 2.45) is 11.8 Å². The molecule has 6 rings (SSSR count). The van der Waals surface area contributed by atoms with Crippen molar-refractivity contribution in [1.29, 1.82) is 0 Å². The Hall–Kier alpha value is -3.12. The third-order valence-electron chi connectivity index (χ3n) is 9.53. The predicted molar refractivity (Wildman–Crippen MR) is 152 cm³/mol. The minimum Gasteiger partial charge on any atom is -0.0590 e. The molecule has 2 fully saturated rings. The maximum absolute atomic E-state index is 2.41. The first-order valence-electron chi connectivity index (χ1n) is 13.7. The highest BCUT2D eigenvalue weighted by Gasteiger charge is 2.56. The number of aryl methyl sites for hydroxylation is 4. The largest absolute Gasteiger partial charge is 0.0590 e. The van der Waals surface area contributed by atoms with Crippen molar-refractivity contribution in [2.75, 3.05) is 0 Å². The molecular weight excluding hydrogens is 432 g/mol. The van der Waals surface area contributed by atoms with Gasteiger partial charge in [0.25, 0.3) is 0 Å². The van der Waals surface area contributed by atoms with Crippen LogP contribution in [0, 0.1) is 39.5 Å². The summed E-state index contributed by atoms with van der Waals surface area (Å²) in [4.78, 5) is 0. The fourth-order valence-corrected chi connectivity index (χ4v) is 7.53. The molecule has 0 N–H and O–H groups in total. The second-order valence-electron chi connectivity index (χ2n) is 12.0. The van der Waals surface area contributed by atoms with Crippen molar-refractivity contribution in [3.05, 3.63) is 142 Å². The minimum atomic E-state index is 0.115. The lowest BCUT2D eigenvalue weighted by Gasteiger charge is -2.36. The highest BCUT2D eigenvalue weighted by atomic mass is 14.6. The summed E-state index contributed by atoms with van der Waals surface area (Å²) in [6.45, 7) is 8.79. The molecule has 0 saturated heterocycles. The van der Waals surface area contributed by atoms with E-state index in [1.807, 2.05) is 0 Å². The monoisotopic (exact) mass is 470 g/mol. The molecule has 4 aromatic rings. The third kappa shape index (κ3) is 3.83. The van der Waals surface area contributed by atoms with Crippen LogP contribution in [-0.4, -0.2) is 0 Å². The van der Waals surface area contributed by atoms with Gasteiger partial charge in [-0.15, -0.1) is 0 Å². The molecule has 0 radical (unpaired) electrons. The molecule has 2 saturated carbocycles. The molecule has 0 nitrogen and oxygen atoms in total. The molecule has 0 unspecified atom stereocenters. The van der Waals surface area contributed by atoms with E-state index in [0.717, 1.165) is 11.8 Å². The van der Waals surface area contributed by atoms with Crippen LogP contribution in [0.5, 0.6) is 0 Å². The summed E-state index contributed by atoms with van der Waals surface area (Å²) in [5.41, 5.74) is 11.6. The van der Waals surface area contributed by atoms with Gasteiger partial charge in [0.05, 0.1) is 0 Å². The standard InChI is InChI=1S/C36H38/c1-25-5-13-31(14-6-25)35(32-15-7-26(2)8-16-32)21-29-23-36(24-30(29)22-35,33-17-9-27(3)10-18-33)34-19-11-28(4)12-20-34/h5-20,29-30H,21-24H2,1-4H3. The van der Waals surface area contributed by atoms with Crippen molar-refractivity contribution < 1.29 is 0 Å². The Labute approximate surface area is 217 Å². The van der Waals surface area contributed by atoms with E-state index in [-0.39, 0.29) is 10.8 Å². The van der Waals surface area contributed by atoms with Crippen molar-refractivity contribution in [1.82, 2.24) is 0 Å². The molecule has 2 aliphatic rings. The van der Waals surface area contributed by atoms with Crippen LogP contribution in [0.3, 0.4) is 0 Å². The summed E-state index contributed by atoms with van der Waals surface area (Å²) < 4.78 is 0. The molecule has 0 amide bonds. The first kappa shape index (κ1) is 23.3. The fraction of sp³-hybridized carbons (Fsp3) is 0.333. The van der Waals surface area contributed by atoms with Gasteiger partial charge in [-0.05, 0) is 87.5 Å². The molecule has 2 aliphatic carbocycles. The van der Waals surface area contributed by atoms with Crippen LogP contribution in [0.1, 0.15) is 70.2 Å². The molecule has 36 heavy (non-hydrogen) atoms. The predicted octanol–water partition coefficient (Wildman–Crippen LogP) is 9.01. The van der Waals surface area contributed by atoms with Crippen molar-refractivity contribution >= 4 is 0 Å². The molecule has 0 heteroatoms. The second kappa shape index (κ2) is 8.77. The molecule has 0 aliphatic heterocycles. The van der Waals surface area contributed by atoms with Crippen LogP contribution in [0.2, 0.25) is 0 Å². The zero-order chi connectivity index (χ0) is 24.9. The zero-order valence-corrected chi connectivity index (χ0v) is 22.2. The van der Waals surface area contributed by atoms with Crippen LogP contribution in [0.4, 0.5) is 0 Å². The maximum atomic E-state index is 2.41. The van der Waals surface area contributed by atoms with Gasteiger partial charge >= 0.3 is 0 Å². The van der Waals surface area contributed by atoms with Gasteiger partial charge in [0.15, 0.2) is 0 Å². The molecular formula is C36H38. The molecule has 0 atom stereocenters. The lowest BCUT2D eigenvalue weighted by Crippen LogP contribution is -2.30. The van der Waals surface area contributed by atoms with Gasteiger partial charge < -0.3 is 0 Å². The molecule has 0 heterocycles. The summed E-state index contributed by atoms with van der Waals surface area (Å²) >= 11 is 0. The fourth-order valence-electron chi connectivity index (χ4n) is 7.53. The number of hydrogen-bond donors (Lipinski definition) is 0. The van der Waals surface area contributed by atoms with Gasteiger partial charge in [0.2, 0.25) is 0 Å². The van der Waals surface area contributed by atoms with Crippen LogP contribution in [0.25, 0.3) is 0 Å². The van der Waals surface area contributed by atoms with Crippen LogP contribution < -0.4 is 0 Å². The first-order chi connectivity index (χ1) is 17.4. The molecule has 0 aromatic heterocycles. The smallest absolute Gasteiger partial charge is 0.0208 e. The highest BCUT2D eigenvalue weighted by Crippen LogP contribution is 2.63. The SMILES string of the molecule is Cc1ccc(C2(c3ccc(C)cc3)CC3CC(c4ccc(C)cc4)(c4ccc(C)cc4)CC3C2)cc1. The molecule has 4 aromatic carbocycles. The number of fused-ring (bicyclic) bond motifs is 1. The van der Waals surface area contributed by atoms with Gasteiger partial charge in [0, 0.05) is 10.8 Å². The van der Waals surface area contributed by atoms with Gasteiger partial charge in [-0.2, -0.15) is 0 Å². The Morgan fingerprint density at radius 3 is 0.750 bits per heavy atom. The third-order valence-corrected chi connectivity index (χ3v) is 9.53. The van der Waals surface area contributed by atoms with Crippen molar-refractivity contribution in [2.45, 2.75) is 64.2 Å². The maximum Gasteiger partial charge on any atom is 0.0208 e. The van der Waals surface area contributed by atoms with Crippen molar-refractivity contribution in [3.63, 3.8) is 0 Å². The van der Waals surface area contributed by atoms with Crippen molar-refractivity contribution in [3.8, 4) is 0 Å².